The number of carbonyl (C=O) groups is 4. The van der Waals surface area contributed by atoms with Crippen LogP contribution in [0.1, 0.15) is 12.8 Å². The van der Waals surface area contributed by atoms with Crippen LogP contribution in [0.3, 0.4) is 0 Å². The Bertz CT molecular complexity index is 321. The lowest BCUT2D eigenvalue weighted by molar-refractivity contribution is -0.159. The number of alkyl carbamates (subject to hydrolysis) is 1. The second-order valence-corrected chi connectivity index (χ2v) is 2.80. The van der Waals surface area contributed by atoms with E-state index in [-0.39, 0.29) is 6.04 Å². The van der Waals surface area contributed by atoms with Gasteiger partial charge in [0, 0.05) is 6.04 Å². The Hall–Kier alpha value is -2.12. The van der Waals surface area contributed by atoms with Crippen LogP contribution in [-0.4, -0.2) is 30.2 Å². The molecule has 82 valence electrons. The Morgan fingerprint density at radius 3 is 2.07 bits per heavy atom. The molecule has 0 atom stereocenters. The molecule has 15 heavy (non-hydrogen) atoms. The summed E-state index contributed by atoms with van der Waals surface area (Å²) in [6, 6.07) is -0.0162. The van der Waals surface area contributed by atoms with Gasteiger partial charge in [0.1, 0.15) is 0 Å². The zero-order valence-corrected chi connectivity index (χ0v) is 7.52. The molecule has 1 fully saturated rings. The Balaban J connectivity index is 2.29. The van der Waals surface area contributed by atoms with E-state index in [0.717, 1.165) is 12.8 Å². The van der Waals surface area contributed by atoms with Crippen LogP contribution >= 0.6 is 0 Å². The fourth-order valence-electron chi connectivity index (χ4n) is 0.683. The van der Waals surface area contributed by atoms with Gasteiger partial charge in [-0.2, -0.15) is 0 Å². The lowest BCUT2D eigenvalue weighted by atomic mass is 10.7. The number of hydrogen-bond donors (Lipinski definition) is 2. The van der Waals surface area contributed by atoms with E-state index >= 15 is 0 Å². The summed E-state index contributed by atoms with van der Waals surface area (Å²) in [4.78, 5) is 42.2. The summed E-state index contributed by atoms with van der Waals surface area (Å²) < 4.78 is 7.67. The molecule has 0 aliphatic heterocycles. The van der Waals surface area contributed by atoms with Gasteiger partial charge < -0.3 is 20.5 Å². The molecule has 8 heteroatoms. The Labute approximate surface area is 83.7 Å². The molecule has 0 aromatic rings. The van der Waals surface area contributed by atoms with Gasteiger partial charge in [-0.25, -0.2) is 19.2 Å². The van der Waals surface area contributed by atoms with Crippen LogP contribution in [0, 0.1) is 0 Å². The topological polar surface area (TPSA) is 125 Å². The fourth-order valence-corrected chi connectivity index (χ4v) is 0.683. The van der Waals surface area contributed by atoms with E-state index in [0.29, 0.717) is 0 Å². The van der Waals surface area contributed by atoms with Gasteiger partial charge in [0.25, 0.3) is 0 Å². The second kappa shape index (κ2) is 4.40. The van der Waals surface area contributed by atoms with E-state index in [4.69, 9.17) is 0 Å². The van der Waals surface area contributed by atoms with Crippen molar-refractivity contribution >= 4 is 24.1 Å². The highest BCUT2D eigenvalue weighted by molar-refractivity contribution is 6.33. The lowest BCUT2D eigenvalue weighted by Crippen LogP contribution is -2.33. The lowest BCUT2D eigenvalue weighted by Gasteiger charge is -2.02. The molecule has 1 rings (SSSR count). The fraction of sp³-hybridized carbons (Fsp3) is 0.429. The summed E-state index contributed by atoms with van der Waals surface area (Å²) in [6.45, 7) is 0. The van der Waals surface area contributed by atoms with Gasteiger partial charge >= 0.3 is 24.1 Å². The van der Waals surface area contributed by atoms with Crippen molar-refractivity contribution in [1.29, 1.82) is 0 Å². The molecule has 0 spiro atoms. The highest BCUT2D eigenvalue weighted by Crippen LogP contribution is 2.18. The molecule has 0 bridgehead atoms. The Morgan fingerprint density at radius 1 is 1.07 bits per heavy atom. The number of amides is 2. The van der Waals surface area contributed by atoms with Crippen LogP contribution in [-0.2, 0) is 19.1 Å². The maximum absolute atomic E-state index is 10.8. The minimum atomic E-state index is -1.63. The summed E-state index contributed by atoms with van der Waals surface area (Å²) in [7, 11) is 0. The molecule has 3 N–H and O–H groups in total. The van der Waals surface area contributed by atoms with Crippen molar-refractivity contribution in [2.75, 3.05) is 0 Å². The van der Waals surface area contributed by atoms with Gasteiger partial charge in [-0.05, 0) is 12.8 Å². The number of esters is 2. The van der Waals surface area contributed by atoms with E-state index < -0.39 is 24.1 Å². The van der Waals surface area contributed by atoms with E-state index in [2.05, 4.69) is 20.5 Å². The quantitative estimate of drug-likeness (QED) is 0.330. The molecule has 1 aliphatic carbocycles. The van der Waals surface area contributed by atoms with Crippen LogP contribution in [0.2, 0.25) is 0 Å². The highest BCUT2D eigenvalue weighted by atomic mass is 16.6. The number of nitrogens with one attached hydrogen (secondary N) is 1. The molecule has 0 radical (unpaired) electrons. The Morgan fingerprint density at radius 2 is 1.60 bits per heavy atom. The summed E-state index contributed by atoms with van der Waals surface area (Å²) in [6.07, 6.45) is -0.896. The monoisotopic (exact) mass is 216 g/mol. The number of carbonyl (C=O) groups excluding carboxylic acids is 4. The SMILES string of the molecule is NC(=O)OC(=O)C(=O)OC(=O)NC1CC1. The molecule has 8 nitrogen and oxygen atoms in total. The van der Waals surface area contributed by atoms with Gasteiger partial charge in [-0.15, -0.1) is 0 Å². The number of rotatable bonds is 1. The van der Waals surface area contributed by atoms with Crippen LogP contribution in [0.4, 0.5) is 9.59 Å². The van der Waals surface area contributed by atoms with E-state index in [9.17, 15) is 19.2 Å². The minimum absolute atomic E-state index is 0.0162. The summed E-state index contributed by atoms with van der Waals surface area (Å²) in [5.74, 6) is -3.22. The third-order valence-corrected chi connectivity index (χ3v) is 1.44. The average molecular weight is 216 g/mol. The third kappa shape index (κ3) is 4.07. The first-order valence-corrected chi connectivity index (χ1v) is 4.03. The average Bonchev–Trinajstić information content (AvgIpc) is 2.86. The molecular formula is C7H8N2O6. The molecule has 1 aliphatic rings. The smallest absolute Gasteiger partial charge is 0.368 e. The molecule has 0 heterocycles. The predicted octanol–water partition coefficient (Wildman–Crippen LogP) is -0.976. The van der Waals surface area contributed by atoms with Crippen LogP contribution in [0.5, 0.6) is 0 Å². The summed E-state index contributed by atoms with van der Waals surface area (Å²) in [5, 5.41) is 2.29. The molecule has 0 aromatic carbocycles. The molecule has 2 amide bonds. The number of nitrogens with two attached hydrogens (primary N) is 1. The minimum Gasteiger partial charge on any atom is -0.368 e. The zero-order chi connectivity index (χ0) is 11.4. The summed E-state index contributed by atoms with van der Waals surface area (Å²) >= 11 is 0. The van der Waals surface area contributed by atoms with Crippen molar-refractivity contribution in [2.45, 2.75) is 18.9 Å². The molecular weight excluding hydrogens is 208 g/mol. The van der Waals surface area contributed by atoms with Crippen LogP contribution in [0.25, 0.3) is 0 Å². The molecule has 0 unspecified atom stereocenters. The first kappa shape index (κ1) is 11.0. The number of ether oxygens (including phenoxy) is 2. The molecule has 0 saturated heterocycles. The van der Waals surface area contributed by atoms with Gasteiger partial charge in [-0.3, -0.25) is 0 Å². The van der Waals surface area contributed by atoms with Crippen molar-refractivity contribution < 1.29 is 28.7 Å². The standard InChI is InChI=1S/C7H8N2O6/c8-6(12)14-4(10)5(11)15-7(13)9-3-1-2-3/h3H,1-2H2,(H2,8,12)(H,9,13). The zero-order valence-electron chi connectivity index (χ0n) is 7.52. The van der Waals surface area contributed by atoms with Gasteiger partial charge in [0.15, 0.2) is 0 Å². The van der Waals surface area contributed by atoms with Crippen LogP contribution in [0.15, 0.2) is 0 Å². The van der Waals surface area contributed by atoms with E-state index in [1.807, 2.05) is 0 Å². The summed E-state index contributed by atoms with van der Waals surface area (Å²) in [5.41, 5.74) is 4.46. The van der Waals surface area contributed by atoms with Crippen molar-refractivity contribution in [2.24, 2.45) is 5.73 Å². The van der Waals surface area contributed by atoms with Gasteiger partial charge in [0.05, 0.1) is 0 Å². The number of hydrogen-bond acceptors (Lipinski definition) is 6. The van der Waals surface area contributed by atoms with E-state index in [1.165, 1.54) is 0 Å². The van der Waals surface area contributed by atoms with Crippen molar-refractivity contribution in [1.82, 2.24) is 5.32 Å². The molecule has 0 aromatic heterocycles. The van der Waals surface area contributed by atoms with Crippen molar-refractivity contribution in [3.63, 3.8) is 0 Å². The maximum atomic E-state index is 10.8. The first-order chi connectivity index (χ1) is 6.99. The normalized spacial score (nSPS) is 13.9. The maximum Gasteiger partial charge on any atom is 0.426 e. The molecule has 1 saturated carbocycles. The number of primary amides is 1. The van der Waals surface area contributed by atoms with Crippen molar-refractivity contribution in [3.8, 4) is 0 Å². The highest BCUT2D eigenvalue weighted by Gasteiger charge is 2.28. The predicted molar refractivity (Wildman–Crippen MR) is 43.3 cm³/mol. The first-order valence-electron chi connectivity index (χ1n) is 4.03. The van der Waals surface area contributed by atoms with E-state index in [1.54, 1.807) is 0 Å². The second-order valence-electron chi connectivity index (χ2n) is 2.80. The van der Waals surface area contributed by atoms with Gasteiger partial charge in [-0.1, -0.05) is 0 Å². The van der Waals surface area contributed by atoms with Crippen molar-refractivity contribution in [3.05, 3.63) is 0 Å². The van der Waals surface area contributed by atoms with Crippen LogP contribution < -0.4 is 11.1 Å². The van der Waals surface area contributed by atoms with Gasteiger partial charge in [0.2, 0.25) is 0 Å². The third-order valence-electron chi connectivity index (χ3n) is 1.44. The largest absolute Gasteiger partial charge is 0.426 e. The Kier molecular flexibility index (Phi) is 3.21.